The van der Waals surface area contributed by atoms with E-state index in [0.717, 1.165) is 25.1 Å². The minimum atomic E-state index is -0.0669. The predicted octanol–water partition coefficient (Wildman–Crippen LogP) is 2.34. The lowest BCUT2D eigenvalue weighted by molar-refractivity contribution is -0.122. The topological polar surface area (TPSA) is 44.4 Å². The van der Waals surface area contributed by atoms with Crippen molar-refractivity contribution in [3.63, 3.8) is 0 Å². The van der Waals surface area contributed by atoms with Gasteiger partial charge in [0, 0.05) is 30.2 Å². The van der Waals surface area contributed by atoms with Crippen molar-refractivity contribution in [2.24, 2.45) is 0 Å². The molecule has 0 aliphatic carbocycles. The first-order valence-corrected chi connectivity index (χ1v) is 8.52. The third-order valence-electron chi connectivity index (χ3n) is 4.72. The van der Waals surface area contributed by atoms with Gasteiger partial charge in [-0.25, -0.2) is 0 Å². The van der Waals surface area contributed by atoms with E-state index >= 15 is 0 Å². The zero-order chi connectivity index (χ0) is 15.5. The van der Waals surface area contributed by atoms with E-state index in [1.807, 2.05) is 31.2 Å². The molecule has 2 heterocycles. The van der Waals surface area contributed by atoms with Crippen molar-refractivity contribution in [1.82, 2.24) is 15.5 Å². The summed E-state index contributed by atoms with van der Waals surface area (Å²) in [5, 5.41) is 7.40. The van der Waals surface area contributed by atoms with E-state index in [2.05, 4.69) is 15.5 Å². The van der Waals surface area contributed by atoms with E-state index in [9.17, 15) is 4.79 Å². The second-order valence-electron chi connectivity index (χ2n) is 6.47. The van der Waals surface area contributed by atoms with Gasteiger partial charge in [-0.05, 0) is 37.8 Å². The molecule has 22 heavy (non-hydrogen) atoms. The van der Waals surface area contributed by atoms with Crippen molar-refractivity contribution in [1.29, 1.82) is 0 Å². The van der Waals surface area contributed by atoms with Gasteiger partial charge in [0.05, 0.1) is 12.6 Å². The first kappa shape index (κ1) is 15.8. The lowest BCUT2D eigenvalue weighted by atomic mass is 10.1. The van der Waals surface area contributed by atoms with Crippen LogP contribution >= 0.6 is 11.6 Å². The highest BCUT2D eigenvalue weighted by Crippen LogP contribution is 2.22. The number of hydrogen-bond acceptors (Lipinski definition) is 3. The number of carbonyl (C=O) groups is 1. The highest BCUT2D eigenvalue weighted by atomic mass is 35.5. The number of likely N-dealkylation sites (tertiary alicyclic amines) is 1. The predicted molar refractivity (Wildman–Crippen MR) is 89.0 cm³/mol. The molecule has 2 aliphatic rings. The van der Waals surface area contributed by atoms with Crippen molar-refractivity contribution >= 4 is 17.5 Å². The summed E-state index contributed by atoms with van der Waals surface area (Å²) in [5.41, 5.74) is 0.967. The van der Waals surface area contributed by atoms with Gasteiger partial charge < -0.3 is 10.6 Å². The third kappa shape index (κ3) is 3.80. The van der Waals surface area contributed by atoms with Gasteiger partial charge in [-0.3, -0.25) is 9.69 Å². The molecule has 1 aromatic rings. The molecule has 1 amide bonds. The van der Waals surface area contributed by atoms with Crippen LogP contribution < -0.4 is 10.6 Å². The zero-order valence-corrected chi connectivity index (χ0v) is 13.8. The largest absolute Gasteiger partial charge is 0.348 e. The molecule has 3 atom stereocenters. The Kier molecular flexibility index (Phi) is 5.01. The van der Waals surface area contributed by atoms with Crippen LogP contribution in [0, 0.1) is 0 Å². The van der Waals surface area contributed by atoms with Crippen LogP contribution in [0.1, 0.15) is 37.8 Å². The Bertz CT molecular complexity index is 536. The summed E-state index contributed by atoms with van der Waals surface area (Å²) >= 11 is 6.19. The minimum absolute atomic E-state index is 0.0669. The monoisotopic (exact) mass is 321 g/mol. The zero-order valence-electron chi connectivity index (χ0n) is 13.0. The first-order chi connectivity index (χ1) is 10.6. The van der Waals surface area contributed by atoms with E-state index in [1.54, 1.807) is 0 Å². The number of fused-ring (bicyclic) bond motifs is 2. The van der Waals surface area contributed by atoms with Gasteiger partial charge in [-0.1, -0.05) is 29.8 Å². The van der Waals surface area contributed by atoms with Crippen LogP contribution in [0.5, 0.6) is 0 Å². The van der Waals surface area contributed by atoms with Crippen LogP contribution in [0.2, 0.25) is 5.02 Å². The van der Waals surface area contributed by atoms with E-state index in [-0.39, 0.29) is 11.9 Å². The Morgan fingerprint density at radius 2 is 2.14 bits per heavy atom. The molecule has 0 radical (unpaired) electrons. The summed E-state index contributed by atoms with van der Waals surface area (Å²) in [4.78, 5) is 14.6. The molecule has 1 aromatic carbocycles. The van der Waals surface area contributed by atoms with Crippen molar-refractivity contribution in [3.05, 3.63) is 34.9 Å². The first-order valence-electron chi connectivity index (χ1n) is 8.14. The number of rotatable bonds is 4. The molecule has 120 valence electrons. The highest BCUT2D eigenvalue weighted by molar-refractivity contribution is 6.31. The van der Waals surface area contributed by atoms with Crippen molar-refractivity contribution in [3.8, 4) is 0 Å². The van der Waals surface area contributed by atoms with E-state index in [4.69, 9.17) is 11.6 Å². The van der Waals surface area contributed by atoms with Gasteiger partial charge in [0.25, 0.3) is 0 Å². The molecule has 0 saturated carbocycles. The maximum atomic E-state index is 12.3. The average molecular weight is 322 g/mol. The number of nitrogens with zero attached hydrogens (tertiary/aromatic N) is 1. The van der Waals surface area contributed by atoms with Crippen LogP contribution in [0.4, 0.5) is 0 Å². The Hall–Kier alpha value is -1.10. The molecule has 2 bridgehead atoms. The molecule has 5 heteroatoms. The Balaban J connectivity index is 1.53. The van der Waals surface area contributed by atoms with Gasteiger partial charge in [0.15, 0.2) is 0 Å². The van der Waals surface area contributed by atoms with Crippen LogP contribution in [0.3, 0.4) is 0 Å². The van der Waals surface area contributed by atoms with E-state index < -0.39 is 0 Å². The SMILES string of the molecule is CC(NC(=O)CN1CCC2CCC(C1)N2)c1ccccc1Cl. The molecular formula is C17H24ClN3O. The number of halogens is 1. The molecular weight excluding hydrogens is 298 g/mol. The molecule has 2 fully saturated rings. The molecule has 2 aliphatic heterocycles. The fourth-order valence-electron chi connectivity index (χ4n) is 3.55. The van der Waals surface area contributed by atoms with Crippen molar-refractivity contribution in [2.75, 3.05) is 19.6 Å². The summed E-state index contributed by atoms with van der Waals surface area (Å²) < 4.78 is 0. The van der Waals surface area contributed by atoms with Crippen LogP contribution in [0.15, 0.2) is 24.3 Å². The Labute approximate surface area is 137 Å². The Morgan fingerprint density at radius 3 is 2.95 bits per heavy atom. The van der Waals surface area contributed by atoms with Crippen LogP contribution in [-0.2, 0) is 4.79 Å². The summed E-state index contributed by atoms with van der Waals surface area (Å²) in [5.74, 6) is 0.0743. The highest BCUT2D eigenvalue weighted by Gasteiger charge is 2.29. The number of nitrogens with one attached hydrogen (secondary N) is 2. The number of benzene rings is 1. The summed E-state index contributed by atoms with van der Waals surface area (Å²) in [6, 6.07) is 8.81. The van der Waals surface area contributed by atoms with Crippen molar-refractivity contribution < 1.29 is 4.79 Å². The van der Waals surface area contributed by atoms with Crippen LogP contribution in [-0.4, -0.2) is 42.5 Å². The molecule has 3 rings (SSSR count). The quantitative estimate of drug-likeness (QED) is 0.894. The maximum Gasteiger partial charge on any atom is 0.234 e. The number of hydrogen-bond donors (Lipinski definition) is 2. The second kappa shape index (κ2) is 6.99. The molecule has 0 aromatic heterocycles. The van der Waals surface area contributed by atoms with Gasteiger partial charge in [0.2, 0.25) is 5.91 Å². The van der Waals surface area contributed by atoms with Gasteiger partial charge in [-0.15, -0.1) is 0 Å². The summed E-state index contributed by atoms with van der Waals surface area (Å²) in [6.07, 6.45) is 3.66. The minimum Gasteiger partial charge on any atom is -0.348 e. The lowest BCUT2D eigenvalue weighted by Crippen LogP contribution is -2.42. The van der Waals surface area contributed by atoms with Gasteiger partial charge in [-0.2, -0.15) is 0 Å². The number of amides is 1. The maximum absolute atomic E-state index is 12.3. The normalized spacial score (nSPS) is 26.5. The molecule has 2 N–H and O–H groups in total. The van der Waals surface area contributed by atoms with Gasteiger partial charge in [0.1, 0.15) is 0 Å². The van der Waals surface area contributed by atoms with E-state index in [1.165, 1.54) is 12.8 Å². The standard InChI is InChI=1S/C17H24ClN3O/c1-12(15-4-2-3-5-16(15)18)19-17(22)11-21-9-8-13-6-7-14(10-21)20-13/h2-5,12-14,20H,6-11H2,1H3,(H,19,22). The summed E-state index contributed by atoms with van der Waals surface area (Å²) in [6.45, 7) is 4.43. The summed E-state index contributed by atoms with van der Waals surface area (Å²) in [7, 11) is 0. The Morgan fingerprint density at radius 1 is 1.36 bits per heavy atom. The third-order valence-corrected chi connectivity index (χ3v) is 5.07. The molecule has 3 unspecified atom stereocenters. The molecule has 0 spiro atoms. The molecule has 4 nitrogen and oxygen atoms in total. The average Bonchev–Trinajstić information content (AvgIpc) is 2.82. The molecule has 2 saturated heterocycles. The number of carbonyl (C=O) groups excluding carboxylic acids is 1. The fraction of sp³-hybridized carbons (Fsp3) is 0.588. The van der Waals surface area contributed by atoms with Gasteiger partial charge >= 0.3 is 0 Å². The lowest BCUT2D eigenvalue weighted by Gasteiger charge is -2.24. The fourth-order valence-corrected chi connectivity index (χ4v) is 3.85. The van der Waals surface area contributed by atoms with Crippen LogP contribution in [0.25, 0.3) is 0 Å². The second-order valence-corrected chi connectivity index (χ2v) is 6.88. The van der Waals surface area contributed by atoms with Crippen molar-refractivity contribution in [2.45, 2.75) is 44.3 Å². The van der Waals surface area contributed by atoms with E-state index in [0.29, 0.717) is 23.7 Å². The smallest absolute Gasteiger partial charge is 0.234 e.